The molecule has 1 aliphatic carbocycles. The molecule has 14 atom stereocenters. The van der Waals surface area contributed by atoms with Crippen molar-refractivity contribution in [1.29, 1.82) is 0 Å². The molecule has 0 bridgehead atoms. The Labute approximate surface area is 536 Å². The Morgan fingerprint density at radius 1 is 0.522 bits per heavy atom. The summed E-state index contributed by atoms with van der Waals surface area (Å²) in [6, 6.07) is 9.25. The second-order valence-electron chi connectivity index (χ2n) is 27.3. The molecule has 2 heterocycles. The van der Waals surface area contributed by atoms with Gasteiger partial charge >= 0.3 is 48.4 Å². The predicted molar refractivity (Wildman–Crippen MR) is 325 cm³/mol. The van der Waals surface area contributed by atoms with Crippen molar-refractivity contribution in [2.24, 2.45) is 0 Å². The first-order valence-electron chi connectivity index (χ1n) is 30.5. The van der Waals surface area contributed by atoms with E-state index in [9.17, 15) is 48.6 Å². The van der Waals surface area contributed by atoms with Gasteiger partial charge in [-0.15, -0.1) is 0 Å². The molecule has 0 spiro atoms. The number of nitrogens with one attached hydrogen (secondary N) is 6. The molecule has 3 fully saturated rings. The lowest BCUT2D eigenvalue weighted by atomic mass is 9.82. The third kappa shape index (κ3) is 25.1. The van der Waals surface area contributed by atoms with Crippen LogP contribution in [0.3, 0.4) is 0 Å². The van der Waals surface area contributed by atoms with Crippen LogP contribution in [0.2, 0.25) is 0 Å². The monoisotopic (exact) mass is 1300 g/mol. The summed E-state index contributed by atoms with van der Waals surface area (Å²) >= 11 is 0. The number of alkyl carbamates (subject to hydrolysis) is 5. The number of ether oxygens (including phenoxy) is 12. The average Bonchev–Trinajstić information content (AvgIpc) is 0.767. The fourth-order valence-corrected chi connectivity index (χ4v) is 9.75. The Balaban J connectivity index is 1.75. The van der Waals surface area contributed by atoms with Crippen molar-refractivity contribution in [2.45, 2.75) is 250 Å². The minimum Gasteiger partial charge on any atom is -0.457 e. The molecule has 2 aromatic rings. The average molecular weight is 1300 g/mol. The molecule has 1 saturated carbocycles. The molecule has 2 aliphatic heterocycles. The summed E-state index contributed by atoms with van der Waals surface area (Å²) in [5.74, 6) is -4.09. The summed E-state index contributed by atoms with van der Waals surface area (Å²) in [5.41, 5.74) is -5.05. The zero-order valence-corrected chi connectivity index (χ0v) is 55.3. The SMILES string of the molecule is CC(=O)OC1C(O[C@H]2OC(CNC(=O)OC(C)(C)C)CCC2NC(=O)OC(C)(C)C)[C@@H](NC(=O)OC(C)(C)C)C[C@@H](NC(=O)[C@H](CCNC(=O)OC(C)(C)C)OC(=O)c2ccccc2)[C@@H]1O[C@H]1OC(CO)[C@@H](O)[C@H](NC(=O)OC(C)(C)C)C1OC(=O)c1ccccc1. The van der Waals surface area contributed by atoms with E-state index in [1.165, 1.54) is 36.4 Å². The first-order chi connectivity index (χ1) is 42.7. The van der Waals surface area contributed by atoms with E-state index in [1.54, 1.807) is 128 Å². The van der Waals surface area contributed by atoms with Crippen molar-refractivity contribution in [3.8, 4) is 0 Å². The zero-order chi connectivity index (χ0) is 68.7. The molecule has 0 aromatic heterocycles. The molecule has 3 aliphatic rings. The number of carbonyl (C=O) groups is 9. The lowest BCUT2D eigenvalue weighted by molar-refractivity contribution is -0.316. The summed E-state index contributed by atoms with van der Waals surface area (Å²) in [7, 11) is 0. The summed E-state index contributed by atoms with van der Waals surface area (Å²) in [6.07, 6.45) is -22.7. The number of esters is 3. The summed E-state index contributed by atoms with van der Waals surface area (Å²) in [4.78, 5) is 125. The van der Waals surface area contributed by atoms with Crippen LogP contribution in [0.25, 0.3) is 0 Å². The summed E-state index contributed by atoms with van der Waals surface area (Å²) in [6.45, 7) is 23.9. The van der Waals surface area contributed by atoms with Crippen LogP contribution in [0.5, 0.6) is 0 Å². The number of hydrogen-bond donors (Lipinski definition) is 8. The molecule has 8 N–H and O–H groups in total. The van der Waals surface area contributed by atoms with Crippen LogP contribution in [0.4, 0.5) is 24.0 Å². The van der Waals surface area contributed by atoms with Gasteiger partial charge < -0.3 is 99.0 Å². The number of aliphatic hydroxyl groups excluding tert-OH is 2. The number of amides is 6. The highest BCUT2D eigenvalue weighted by Crippen LogP contribution is 2.36. The molecular formula is C63H94N6O23. The second-order valence-corrected chi connectivity index (χ2v) is 27.3. The molecule has 2 saturated heterocycles. The Bertz CT molecular complexity index is 2810. The molecule has 6 unspecified atom stereocenters. The number of aliphatic hydroxyl groups is 2. The van der Waals surface area contributed by atoms with E-state index in [1.807, 2.05) is 0 Å². The van der Waals surface area contributed by atoms with E-state index in [0.717, 1.165) is 6.92 Å². The molecule has 29 heteroatoms. The standard InChI is InChI=1S/C63H94N6O23/c1-34(71)81-48-45(87-53-47(85-51(75)36-25-21-18-22-26-36)43(44(72)42(33-70)84-53)69-58(80)92-63(14,15)16)39(66-49(73)41(29-30-64-54(76)88-59(2,3)4)83-50(74)35-23-19-17-20-24-35)31-40(68-57(79)91-62(11,12)13)46(48)86-52-38(67-56(78)90-61(8,9)10)28-27-37(82-52)32-65-55(77)89-60(5,6)7/h17-26,37-48,52-53,70,72H,27-33H2,1-16H3,(H,64,76)(H,65,77)(H,66,73)(H,67,78)(H,68,79)(H,69,80)/t37?,38?,39-,40+,41+,42?,43+,44-,45+,46?,47?,48?,52-,53-/m1/s1. The number of carbonyl (C=O) groups excluding carboxylic acids is 9. The first-order valence-corrected chi connectivity index (χ1v) is 30.5. The summed E-state index contributed by atoms with van der Waals surface area (Å²) in [5, 5.41) is 38.9. The topological polar surface area (TPSA) is 377 Å². The van der Waals surface area contributed by atoms with E-state index in [0.29, 0.717) is 0 Å². The fraction of sp³-hybridized carbons (Fsp3) is 0.667. The van der Waals surface area contributed by atoms with Crippen LogP contribution in [0.15, 0.2) is 60.7 Å². The molecule has 514 valence electrons. The minimum absolute atomic E-state index is 0.0231. The first kappa shape index (κ1) is 75.2. The van der Waals surface area contributed by atoms with Gasteiger partial charge in [0.25, 0.3) is 5.91 Å². The van der Waals surface area contributed by atoms with Crippen LogP contribution in [-0.2, 0) is 66.4 Å². The highest BCUT2D eigenvalue weighted by Gasteiger charge is 2.57. The van der Waals surface area contributed by atoms with Crippen molar-refractivity contribution >= 4 is 54.3 Å². The van der Waals surface area contributed by atoms with Crippen LogP contribution < -0.4 is 31.9 Å². The van der Waals surface area contributed by atoms with Gasteiger partial charge in [-0.05, 0) is 147 Å². The van der Waals surface area contributed by atoms with Gasteiger partial charge in [-0.3, -0.25) is 9.59 Å². The summed E-state index contributed by atoms with van der Waals surface area (Å²) < 4.78 is 72.7. The van der Waals surface area contributed by atoms with E-state index >= 15 is 4.79 Å². The van der Waals surface area contributed by atoms with Crippen LogP contribution in [0.1, 0.15) is 157 Å². The zero-order valence-electron chi connectivity index (χ0n) is 55.3. The van der Waals surface area contributed by atoms with Gasteiger partial charge in [-0.1, -0.05) is 36.4 Å². The molecule has 29 nitrogen and oxygen atoms in total. The Kier molecular flexibility index (Phi) is 26.4. The Morgan fingerprint density at radius 3 is 1.48 bits per heavy atom. The molecule has 2 aromatic carbocycles. The van der Waals surface area contributed by atoms with Crippen molar-refractivity contribution in [3.05, 3.63) is 71.8 Å². The normalized spacial score (nSPS) is 25.6. The van der Waals surface area contributed by atoms with Crippen molar-refractivity contribution < 1.29 is 110 Å². The van der Waals surface area contributed by atoms with Crippen molar-refractivity contribution in [3.63, 3.8) is 0 Å². The second kappa shape index (κ2) is 32.3. The van der Waals surface area contributed by atoms with E-state index in [2.05, 4.69) is 31.9 Å². The maximum Gasteiger partial charge on any atom is 0.408 e. The predicted octanol–water partition coefficient (Wildman–Crippen LogP) is 5.73. The van der Waals surface area contributed by atoms with E-state index < -0.39 is 187 Å². The van der Waals surface area contributed by atoms with Crippen molar-refractivity contribution in [1.82, 2.24) is 31.9 Å². The van der Waals surface area contributed by atoms with E-state index in [4.69, 9.17) is 56.8 Å². The van der Waals surface area contributed by atoms with Gasteiger partial charge in [0.2, 0.25) is 0 Å². The van der Waals surface area contributed by atoms with Gasteiger partial charge in [0.05, 0.1) is 42.0 Å². The maximum atomic E-state index is 15.2. The third-order valence-corrected chi connectivity index (χ3v) is 13.3. The highest BCUT2D eigenvalue weighted by molar-refractivity contribution is 5.92. The minimum atomic E-state index is -2.05. The van der Waals surface area contributed by atoms with Crippen LogP contribution >= 0.6 is 0 Å². The third-order valence-electron chi connectivity index (χ3n) is 13.3. The quantitative estimate of drug-likeness (QED) is 0.0579. The number of benzene rings is 2. The Morgan fingerprint density at radius 2 is 0.978 bits per heavy atom. The van der Waals surface area contributed by atoms with E-state index in [-0.39, 0.29) is 37.1 Å². The van der Waals surface area contributed by atoms with Gasteiger partial charge in [0.1, 0.15) is 58.5 Å². The molecule has 92 heavy (non-hydrogen) atoms. The van der Waals surface area contributed by atoms with Crippen LogP contribution in [-0.4, -0.2) is 198 Å². The molecule has 5 rings (SSSR count). The number of hydrogen-bond acceptors (Lipinski definition) is 23. The van der Waals surface area contributed by atoms with Crippen LogP contribution in [0, 0.1) is 0 Å². The molecule has 6 amide bonds. The number of rotatable bonds is 20. The highest BCUT2D eigenvalue weighted by atomic mass is 16.7. The smallest absolute Gasteiger partial charge is 0.408 e. The lowest BCUT2D eigenvalue weighted by Gasteiger charge is -2.50. The maximum absolute atomic E-state index is 15.2. The molecule has 0 radical (unpaired) electrons. The van der Waals surface area contributed by atoms with Gasteiger partial charge in [0, 0.05) is 26.4 Å². The van der Waals surface area contributed by atoms with Gasteiger partial charge in [0.15, 0.2) is 30.9 Å². The van der Waals surface area contributed by atoms with Gasteiger partial charge in [-0.2, -0.15) is 0 Å². The Hall–Kier alpha value is -7.57. The fourth-order valence-electron chi connectivity index (χ4n) is 9.75. The van der Waals surface area contributed by atoms with Crippen molar-refractivity contribution in [2.75, 3.05) is 19.7 Å². The lowest BCUT2D eigenvalue weighted by Crippen LogP contribution is -2.71. The molecular weight excluding hydrogens is 1210 g/mol. The van der Waals surface area contributed by atoms with Gasteiger partial charge in [-0.25, -0.2) is 33.6 Å². The largest absolute Gasteiger partial charge is 0.457 e.